The second-order valence-corrected chi connectivity index (χ2v) is 14.3. The molecule has 8 nitrogen and oxygen atoms in total. The Hall–Kier alpha value is -4.46. The summed E-state index contributed by atoms with van der Waals surface area (Å²) in [6, 6.07) is 19.0. The van der Waals surface area contributed by atoms with Crippen LogP contribution in [0.2, 0.25) is 0 Å². The van der Waals surface area contributed by atoms with E-state index in [2.05, 4.69) is 17.1 Å². The van der Waals surface area contributed by atoms with Gasteiger partial charge in [-0.25, -0.2) is 4.79 Å². The number of Topliss-reactive ketones (excluding diaryl/α,β-unsaturated/α-hetero) is 1. The molecule has 0 aliphatic carbocycles. The number of phenolic OH excluding ortho intramolecular Hbond substituents is 1. The number of ether oxygens (including phenoxy) is 1. The molecule has 0 saturated heterocycles. The molecule has 4 rings (SSSR count). The number of unbranched alkanes of at least 4 members (excludes halogenated alkanes) is 15. The average molecular weight is 709 g/mol. The van der Waals surface area contributed by atoms with Gasteiger partial charge in [-0.2, -0.15) is 0 Å². The van der Waals surface area contributed by atoms with E-state index in [-0.39, 0.29) is 17.1 Å². The first-order chi connectivity index (χ1) is 25.3. The minimum absolute atomic E-state index is 0.0507. The molecule has 1 aromatic heterocycles. The molecule has 0 aliphatic rings. The van der Waals surface area contributed by atoms with Gasteiger partial charge in [0.1, 0.15) is 28.0 Å². The van der Waals surface area contributed by atoms with Crippen molar-refractivity contribution in [1.82, 2.24) is 15.0 Å². The van der Waals surface area contributed by atoms with E-state index < -0.39 is 5.97 Å². The third-order valence-electron chi connectivity index (χ3n) is 9.70. The van der Waals surface area contributed by atoms with Crippen molar-refractivity contribution in [3.63, 3.8) is 0 Å². The summed E-state index contributed by atoms with van der Waals surface area (Å²) in [7, 11) is 1.95. The first-order valence-electron chi connectivity index (χ1n) is 19.6. The molecule has 0 spiro atoms. The van der Waals surface area contributed by atoms with E-state index >= 15 is 0 Å². The van der Waals surface area contributed by atoms with Gasteiger partial charge in [-0.05, 0) is 67.8 Å². The summed E-state index contributed by atoms with van der Waals surface area (Å²) in [6.07, 6.45) is 22.2. The topological polar surface area (TPSA) is 97.6 Å². The third-order valence-corrected chi connectivity index (χ3v) is 9.70. The van der Waals surface area contributed by atoms with Crippen LogP contribution in [0.1, 0.15) is 133 Å². The molecular formula is C44H60N4O4. The largest absolute Gasteiger partial charge is 0.505 e. The zero-order valence-corrected chi connectivity index (χ0v) is 32.0. The fourth-order valence-electron chi connectivity index (χ4n) is 6.61. The highest BCUT2D eigenvalue weighted by Crippen LogP contribution is 2.30. The van der Waals surface area contributed by atoms with Gasteiger partial charge in [0, 0.05) is 24.8 Å². The van der Waals surface area contributed by atoms with Crippen LogP contribution in [0.25, 0.3) is 22.8 Å². The van der Waals surface area contributed by atoms with Crippen LogP contribution in [0.3, 0.4) is 0 Å². The minimum Gasteiger partial charge on any atom is -0.505 e. The smallest absolute Gasteiger partial charge is 0.341 e. The number of benzene rings is 3. The van der Waals surface area contributed by atoms with Gasteiger partial charge < -0.3 is 14.7 Å². The molecule has 0 atom stereocenters. The molecule has 0 fully saturated rings. The average Bonchev–Trinajstić information content (AvgIpc) is 3.57. The van der Waals surface area contributed by atoms with E-state index in [1.807, 2.05) is 79.5 Å². The molecule has 0 unspecified atom stereocenters. The number of phenols is 1. The molecular weight excluding hydrogens is 649 g/mol. The van der Waals surface area contributed by atoms with Crippen molar-refractivity contribution in [2.75, 3.05) is 18.6 Å². The van der Waals surface area contributed by atoms with Gasteiger partial charge in [0.05, 0.1) is 6.61 Å². The Morgan fingerprint density at radius 1 is 0.769 bits per heavy atom. The lowest BCUT2D eigenvalue weighted by Gasteiger charge is -2.21. The van der Waals surface area contributed by atoms with Gasteiger partial charge in [-0.3, -0.25) is 4.79 Å². The molecule has 280 valence electrons. The van der Waals surface area contributed by atoms with Crippen LogP contribution in [0, 0.1) is 6.92 Å². The van der Waals surface area contributed by atoms with E-state index in [4.69, 9.17) is 4.74 Å². The Balaban J connectivity index is 1.17. The van der Waals surface area contributed by atoms with E-state index in [9.17, 15) is 14.7 Å². The number of hydrogen-bond acceptors (Lipinski definition) is 7. The van der Waals surface area contributed by atoms with Crippen molar-refractivity contribution in [2.24, 2.45) is 0 Å². The summed E-state index contributed by atoms with van der Waals surface area (Å²) in [6.45, 7) is 6.42. The summed E-state index contributed by atoms with van der Waals surface area (Å²) >= 11 is 0. The van der Waals surface area contributed by atoms with Crippen LogP contribution in [0.5, 0.6) is 5.75 Å². The lowest BCUT2D eigenvalue weighted by Crippen LogP contribution is -2.17. The SMILES string of the molecule is CCCCCCCCCCCCCCCCCCOC(=O)/C(=C\c1ccc(N(C)Cc2cc(C)cc(-n3nc4ccccc4n3)c2O)cc1)C(C)=O. The molecule has 8 heteroatoms. The normalized spacial score (nSPS) is 11.7. The van der Waals surface area contributed by atoms with Crippen molar-refractivity contribution >= 4 is 34.5 Å². The molecule has 52 heavy (non-hydrogen) atoms. The Morgan fingerprint density at radius 3 is 1.81 bits per heavy atom. The Bertz CT molecular complexity index is 1690. The van der Waals surface area contributed by atoms with Gasteiger partial charge in [0.15, 0.2) is 5.78 Å². The van der Waals surface area contributed by atoms with Crippen molar-refractivity contribution < 1.29 is 19.4 Å². The van der Waals surface area contributed by atoms with Crippen LogP contribution in [-0.4, -0.2) is 45.5 Å². The minimum atomic E-state index is -0.569. The number of rotatable bonds is 24. The van der Waals surface area contributed by atoms with Gasteiger partial charge in [-0.1, -0.05) is 134 Å². The van der Waals surface area contributed by atoms with Crippen molar-refractivity contribution in [3.8, 4) is 11.4 Å². The summed E-state index contributed by atoms with van der Waals surface area (Å²) < 4.78 is 5.49. The van der Waals surface area contributed by atoms with Crippen LogP contribution >= 0.6 is 0 Å². The third kappa shape index (κ3) is 12.9. The number of esters is 1. The Labute approximate surface area is 311 Å². The molecule has 0 saturated carbocycles. The van der Waals surface area contributed by atoms with Crippen molar-refractivity contribution in [1.29, 1.82) is 0 Å². The Kier molecular flexibility index (Phi) is 16.9. The maximum atomic E-state index is 12.8. The molecule has 0 amide bonds. The van der Waals surface area contributed by atoms with Crippen molar-refractivity contribution in [3.05, 3.63) is 82.9 Å². The summed E-state index contributed by atoms with van der Waals surface area (Å²) in [4.78, 5) is 28.7. The van der Waals surface area contributed by atoms with Gasteiger partial charge in [-0.15, -0.1) is 15.0 Å². The fourth-order valence-corrected chi connectivity index (χ4v) is 6.61. The van der Waals surface area contributed by atoms with Crippen molar-refractivity contribution in [2.45, 2.75) is 130 Å². The standard InChI is InChI=1S/C44H60N4O4/c1-5-6-7-8-9-10-11-12-13-14-15-16-17-18-19-22-29-52-44(51)39(35(3)49)32-36-25-27-38(28-26-36)47(4)33-37-30-34(2)31-42(43(37)50)48-45-40-23-20-21-24-41(40)46-48/h20-21,23-28,30-32,50H,5-19,22,29,33H2,1-4H3/b39-32-. The highest BCUT2D eigenvalue weighted by molar-refractivity contribution is 6.19. The summed E-state index contributed by atoms with van der Waals surface area (Å²) in [5.41, 5.74) is 5.47. The van der Waals surface area contributed by atoms with Crippen LogP contribution in [0.4, 0.5) is 5.69 Å². The number of anilines is 1. The van der Waals surface area contributed by atoms with E-state index in [1.54, 1.807) is 6.08 Å². The number of ketones is 1. The molecule has 1 heterocycles. The van der Waals surface area contributed by atoms with Gasteiger partial charge in [0.2, 0.25) is 0 Å². The fraction of sp³-hybridized carbons (Fsp3) is 0.500. The monoisotopic (exact) mass is 708 g/mol. The first kappa shape index (κ1) is 40.3. The maximum absolute atomic E-state index is 12.8. The molecule has 0 bridgehead atoms. The Morgan fingerprint density at radius 2 is 1.29 bits per heavy atom. The zero-order valence-electron chi connectivity index (χ0n) is 32.0. The number of nitrogens with zero attached hydrogens (tertiary/aromatic N) is 4. The molecule has 4 aromatic rings. The summed E-state index contributed by atoms with van der Waals surface area (Å²) in [5.74, 6) is -0.759. The molecule has 1 N–H and O–H groups in total. The number of carbonyl (C=O) groups excluding carboxylic acids is 2. The number of carbonyl (C=O) groups is 2. The summed E-state index contributed by atoms with van der Waals surface area (Å²) in [5, 5.41) is 20.3. The van der Waals surface area contributed by atoms with Gasteiger partial charge >= 0.3 is 5.97 Å². The van der Waals surface area contributed by atoms with E-state index in [0.717, 1.165) is 52.7 Å². The second kappa shape index (κ2) is 21.8. The number of hydrogen-bond donors (Lipinski definition) is 1. The number of fused-ring (bicyclic) bond motifs is 1. The quantitative estimate of drug-likeness (QED) is 0.0254. The highest BCUT2D eigenvalue weighted by Gasteiger charge is 2.17. The van der Waals surface area contributed by atoms with Crippen LogP contribution in [0.15, 0.2) is 66.2 Å². The lowest BCUT2D eigenvalue weighted by molar-refractivity contribution is -0.140. The predicted octanol–water partition coefficient (Wildman–Crippen LogP) is 10.8. The first-order valence-corrected chi connectivity index (χ1v) is 19.6. The maximum Gasteiger partial charge on any atom is 0.341 e. The second-order valence-electron chi connectivity index (χ2n) is 14.3. The number of aryl methyl sites for hydroxylation is 1. The lowest BCUT2D eigenvalue weighted by atomic mass is 10.0. The number of aromatic nitrogens is 3. The molecule has 0 aliphatic heterocycles. The highest BCUT2D eigenvalue weighted by atomic mass is 16.5. The number of aromatic hydroxyl groups is 1. The molecule has 3 aromatic carbocycles. The predicted molar refractivity (Wildman–Crippen MR) is 213 cm³/mol. The molecule has 0 radical (unpaired) electrons. The van der Waals surface area contributed by atoms with E-state index in [1.165, 1.54) is 95.2 Å². The van der Waals surface area contributed by atoms with Gasteiger partial charge in [0.25, 0.3) is 0 Å². The van der Waals surface area contributed by atoms with Crippen LogP contribution in [-0.2, 0) is 20.9 Å². The zero-order chi connectivity index (χ0) is 37.1. The van der Waals surface area contributed by atoms with Crippen LogP contribution < -0.4 is 4.90 Å². The van der Waals surface area contributed by atoms with E-state index in [0.29, 0.717) is 18.8 Å².